The Labute approximate surface area is 177 Å². The van der Waals surface area contributed by atoms with E-state index in [0.29, 0.717) is 12.5 Å². The predicted molar refractivity (Wildman–Crippen MR) is 119 cm³/mol. The van der Waals surface area contributed by atoms with Crippen molar-refractivity contribution in [2.45, 2.75) is 19.4 Å². The van der Waals surface area contributed by atoms with Crippen LogP contribution in [-0.4, -0.2) is 56.3 Å². The van der Waals surface area contributed by atoms with Crippen LogP contribution in [0.1, 0.15) is 18.4 Å². The Hall–Kier alpha value is -2.42. The molecule has 3 heterocycles. The van der Waals surface area contributed by atoms with E-state index in [1.165, 1.54) is 0 Å². The third-order valence-electron chi connectivity index (χ3n) is 5.62. The molecule has 3 aromatic rings. The SMILES string of the molecule is CN1CCC(COc2ccnc3[nH]cc(-c4cccc(CNS(C)(=O)=O)c4)c23)CC1. The largest absolute Gasteiger partial charge is 0.492 e. The van der Waals surface area contributed by atoms with E-state index in [4.69, 9.17) is 4.74 Å². The zero-order chi connectivity index (χ0) is 21.1. The van der Waals surface area contributed by atoms with Crippen LogP contribution >= 0.6 is 0 Å². The monoisotopic (exact) mass is 428 g/mol. The smallest absolute Gasteiger partial charge is 0.209 e. The van der Waals surface area contributed by atoms with Gasteiger partial charge in [0.1, 0.15) is 11.4 Å². The molecule has 8 heteroatoms. The first kappa shape index (κ1) is 20.8. The number of pyridine rings is 1. The molecule has 4 rings (SSSR count). The maximum absolute atomic E-state index is 11.4. The molecule has 0 aliphatic carbocycles. The molecule has 1 aliphatic rings. The first-order valence-electron chi connectivity index (χ1n) is 10.2. The minimum absolute atomic E-state index is 0.257. The lowest BCUT2D eigenvalue weighted by Crippen LogP contribution is -2.32. The van der Waals surface area contributed by atoms with Crippen molar-refractivity contribution in [1.82, 2.24) is 19.6 Å². The lowest BCUT2D eigenvalue weighted by atomic mass is 9.98. The number of fused-ring (bicyclic) bond motifs is 1. The van der Waals surface area contributed by atoms with E-state index in [1.54, 1.807) is 6.20 Å². The highest BCUT2D eigenvalue weighted by Crippen LogP contribution is 2.35. The molecule has 30 heavy (non-hydrogen) atoms. The lowest BCUT2D eigenvalue weighted by Gasteiger charge is -2.28. The van der Waals surface area contributed by atoms with Gasteiger partial charge in [-0.2, -0.15) is 0 Å². The van der Waals surface area contributed by atoms with Crippen molar-refractivity contribution < 1.29 is 13.2 Å². The zero-order valence-electron chi connectivity index (χ0n) is 17.4. The molecule has 0 saturated carbocycles. The van der Waals surface area contributed by atoms with Gasteiger partial charge in [0, 0.05) is 24.5 Å². The number of rotatable bonds is 7. The second-order valence-corrected chi connectivity index (χ2v) is 9.92. The van der Waals surface area contributed by atoms with Gasteiger partial charge in [-0.25, -0.2) is 18.1 Å². The second-order valence-electron chi connectivity index (χ2n) is 8.09. The second kappa shape index (κ2) is 8.75. The Bertz CT molecular complexity index is 1120. The summed E-state index contributed by atoms with van der Waals surface area (Å²) >= 11 is 0. The molecule has 2 N–H and O–H groups in total. The quantitative estimate of drug-likeness (QED) is 0.604. The molecule has 160 valence electrons. The van der Waals surface area contributed by atoms with E-state index < -0.39 is 10.0 Å². The standard InChI is InChI=1S/C22H28N4O3S/c1-26-10-7-16(8-11-26)15-29-20-6-9-23-22-21(20)19(14-24-22)18-5-3-4-17(12-18)13-25-30(2,27)28/h3-6,9,12,14,16,25H,7-8,10-11,13,15H2,1-2H3,(H,23,24). The van der Waals surface area contributed by atoms with Gasteiger partial charge in [-0.15, -0.1) is 0 Å². The first-order chi connectivity index (χ1) is 14.4. The first-order valence-corrected chi connectivity index (χ1v) is 12.1. The molecule has 7 nitrogen and oxygen atoms in total. The Morgan fingerprint density at radius 1 is 1.27 bits per heavy atom. The summed E-state index contributed by atoms with van der Waals surface area (Å²) in [4.78, 5) is 10.0. The van der Waals surface area contributed by atoms with Crippen molar-refractivity contribution in [2.24, 2.45) is 5.92 Å². The van der Waals surface area contributed by atoms with Crippen molar-refractivity contribution in [3.05, 3.63) is 48.3 Å². The number of benzene rings is 1. The summed E-state index contributed by atoms with van der Waals surface area (Å²) in [6.07, 6.45) is 7.17. The number of likely N-dealkylation sites (tertiary alicyclic amines) is 1. The van der Waals surface area contributed by atoms with E-state index in [1.807, 2.05) is 36.5 Å². The topological polar surface area (TPSA) is 87.3 Å². The van der Waals surface area contributed by atoms with Gasteiger partial charge >= 0.3 is 0 Å². The maximum atomic E-state index is 11.4. The number of nitrogens with zero attached hydrogens (tertiary/aromatic N) is 2. The molecule has 1 aliphatic heterocycles. The highest BCUT2D eigenvalue weighted by Gasteiger charge is 2.19. The van der Waals surface area contributed by atoms with Crippen LogP contribution in [0, 0.1) is 5.92 Å². The summed E-state index contributed by atoms with van der Waals surface area (Å²) in [7, 11) is -1.08. The van der Waals surface area contributed by atoms with Crippen molar-refractivity contribution in [3.8, 4) is 16.9 Å². The van der Waals surface area contributed by atoms with E-state index in [9.17, 15) is 8.42 Å². The minimum Gasteiger partial charge on any atom is -0.492 e. The molecular formula is C22H28N4O3S. The Morgan fingerprint density at radius 2 is 2.07 bits per heavy atom. The number of H-pyrrole nitrogens is 1. The molecule has 1 aromatic carbocycles. The molecule has 0 radical (unpaired) electrons. The van der Waals surface area contributed by atoms with Crippen LogP contribution in [-0.2, 0) is 16.6 Å². The van der Waals surface area contributed by atoms with Crippen LogP contribution in [0.15, 0.2) is 42.7 Å². The highest BCUT2D eigenvalue weighted by atomic mass is 32.2. The fraction of sp³-hybridized carbons (Fsp3) is 0.409. The number of hydrogen-bond acceptors (Lipinski definition) is 5. The lowest BCUT2D eigenvalue weighted by molar-refractivity contribution is 0.161. The number of aromatic nitrogens is 2. The maximum Gasteiger partial charge on any atom is 0.209 e. The Kier molecular flexibility index (Phi) is 6.08. The van der Waals surface area contributed by atoms with Crippen LogP contribution < -0.4 is 9.46 Å². The van der Waals surface area contributed by atoms with Crippen LogP contribution in [0.25, 0.3) is 22.2 Å². The Morgan fingerprint density at radius 3 is 2.83 bits per heavy atom. The van der Waals surface area contributed by atoms with Crippen molar-refractivity contribution in [3.63, 3.8) is 0 Å². The molecule has 1 fully saturated rings. The summed E-state index contributed by atoms with van der Waals surface area (Å²) in [6.45, 7) is 3.19. The van der Waals surface area contributed by atoms with Gasteiger partial charge in [-0.1, -0.05) is 18.2 Å². The zero-order valence-corrected chi connectivity index (χ0v) is 18.2. The van der Waals surface area contributed by atoms with E-state index in [2.05, 4.69) is 26.6 Å². The van der Waals surface area contributed by atoms with Crippen molar-refractivity contribution in [1.29, 1.82) is 0 Å². The predicted octanol–water partition coefficient (Wildman–Crippen LogP) is 3.00. The summed E-state index contributed by atoms with van der Waals surface area (Å²) in [5.74, 6) is 1.40. The summed E-state index contributed by atoms with van der Waals surface area (Å²) in [5.41, 5.74) is 3.67. The molecule has 0 bridgehead atoms. The number of nitrogens with one attached hydrogen (secondary N) is 2. The molecular weight excluding hydrogens is 400 g/mol. The van der Waals surface area contributed by atoms with Crippen molar-refractivity contribution >= 4 is 21.1 Å². The highest BCUT2D eigenvalue weighted by molar-refractivity contribution is 7.88. The third kappa shape index (κ3) is 5.00. The minimum atomic E-state index is -3.24. The van der Waals surface area contributed by atoms with Gasteiger partial charge in [-0.05, 0) is 62.2 Å². The number of ether oxygens (including phenoxy) is 1. The van der Waals surface area contributed by atoms with Gasteiger partial charge in [0.15, 0.2) is 0 Å². The van der Waals surface area contributed by atoms with Gasteiger partial charge < -0.3 is 14.6 Å². The van der Waals surface area contributed by atoms with E-state index in [0.717, 1.165) is 65.7 Å². The van der Waals surface area contributed by atoms with Crippen LogP contribution in [0.3, 0.4) is 0 Å². The van der Waals surface area contributed by atoms with Crippen molar-refractivity contribution in [2.75, 3.05) is 33.0 Å². The number of hydrogen-bond donors (Lipinski definition) is 2. The summed E-state index contributed by atoms with van der Waals surface area (Å²) < 4.78 is 31.6. The molecule has 0 atom stereocenters. The fourth-order valence-corrected chi connectivity index (χ4v) is 4.30. The van der Waals surface area contributed by atoms with Gasteiger partial charge in [0.2, 0.25) is 10.0 Å². The average Bonchev–Trinajstić information content (AvgIpc) is 3.16. The molecule has 0 amide bonds. The van der Waals surface area contributed by atoms with Crippen LogP contribution in [0.2, 0.25) is 0 Å². The molecule has 2 aromatic heterocycles. The molecule has 0 unspecified atom stereocenters. The number of aromatic amines is 1. The van der Waals surface area contributed by atoms with Gasteiger partial charge in [-0.3, -0.25) is 0 Å². The van der Waals surface area contributed by atoms with E-state index >= 15 is 0 Å². The summed E-state index contributed by atoms with van der Waals surface area (Å²) in [5, 5.41) is 0.957. The average molecular weight is 429 g/mol. The van der Waals surface area contributed by atoms with Crippen LogP contribution in [0.5, 0.6) is 5.75 Å². The third-order valence-corrected chi connectivity index (χ3v) is 6.29. The molecule has 1 saturated heterocycles. The summed E-state index contributed by atoms with van der Waals surface area (Å²) in [6, 6.07) is 9.77. The molecule has 0 spiro atoms. The number of sulfonamides is 1. The normalized spacial score (nSPS) is 16.2. The van der Waals surface area contributed by atoms with Gasteiger partial charge in [0.25, 0.3) is 0 Å². The Balaban J connectivity index is 1.58. The van der Waals surface area contributed by atoms with Gasteiger partial charge in [0.05, 0.1) is 18.2 Å². The van der Waals surface area contributed by atoms with Crippen LogP contribution in [0.4, 0.5) is 0 Å². The van der Waals surface area contributed by atoms with E-state index in [-0.39, 0.29) is 6.54 Å². The number of piperidine rings is 1. The fourth-order valence-electron chi connectivity index (χ4n) is 3.87.